The Morgan fingerprint density at radius 1 is 0.875 bits per heavy atom. The summed E-state index contributed by atoms with van der Waals surface area (Å²) in [4.78, 5) is 94.7. The predicted octanol–water partition coefficient (Wildman–Crippen LogP) is 6.19. The first-order valence-corrected chi connectivity index (χ1v) is 20.2. The number of carbonyl (C=O) groups excluding carboxylic acids is 6. The van der Waals surface area contributed by atoms with Gasteiger partial charge in [0.05, 0.1) is 37.7 Å². The van der Waals surface area contributed by atoms with E-state index in [2.05, 4.69) is 5.32 Å². The van der Waals surface area contributed by atoms with Crippen molar-refractivity contribution in [3.63, 3.8) is 0 Å². The van der Waals surface area contributed by atoms with E-state index in [9.17, 15) is 38.7 Å². The molecule has 0 spiro atoms. The van der Waals surface area contributed by atoms with Crippen molar-refractivity contribution < 1.29 is 48.1 Å². The molecular weight excluding hydrogens is 716 g/mol. The number of rotatable bonds is 22. The van der Waals surface area contributed by atoms with Crippen molar-refractivity contribution in [1.29, 1.82) is 0 Å². The van der Waals surface area contributed by atoms with Gasteiger partial charge in [0.15, 0.2) is 17.6 Å². The summed E-state index contributed by atoms with van der Waals surface area (Å²) in [5.41, 5.74) is 1.30. The van der Waals surface area contributed by atoms with E-state index in [1.165, 1.54) is 4.90 Å². The lowest BCUT2D eigenvalue weighted by Gasteiger charge is -2.34. The highest BCUT2D eigenvalue weighted by Gasteiger charge is 2.45. The number of hydrogen-bond donors (Lipinski definition) is 2. The SMILES string of the molecule is CCCC(CC(=O)[C@@H]1C[C@@H](OCc2ccccc2)CN1C(=O)C(CC(=O)OCC(C)C)C1CCCCC1)C(=O)C(=O)CCC(=O)NC(C(=O)O)c1ccccc1. The second-order valence-electron chi connectivity index (χ2n) is 15.6. The second-order valence-corrected chi connectivity index (χ2v) is 15.6. The summed E-state index contributed by atoms with van der Waals surface area (Å²) in [6, 6.07) is 15.5. The molecule has 1 saturated heterocycles. The molecule has 0 bridgehead atoms. The van der Waals surface area contributed by atoms with Crippen LogP contribution in [0, 0.1) is 23.7 Å². The Kier molecular flexibility index (Phi) is 17.4. The van der Waals surface area contributed by atoms with Gasteiger partial charge in [-0.05, 0) is 42.2 Å². The Labute approximate surface area is 330 Å². The molecule has 12 heteroatoms. The van der Waals surface area contributed by atoms with Crippen LogP contribution in [0.1, 0.15) is 115 Å². The quantitative estimate of drug-likeness (QED) is 0.104. The van der Waals surface area contributed by atoms with Gasteiger partial charge in [0.25, 0.3) is 0 Å². The van der Waals surface area contributed by atoms with Gasteiger partial charge in [-0.25, -0.2) is 4.79 Å². The van der Waals surface area contributed by atoms with Crippen molar-refractivity contribution in [2.75, 3.05) is 13.2 Å². The van der Waals surface area contributed by atoms with Gasteiger partial charge in [0.1, 0.15) is 0 Å². The van der Waals surface area contributed by atoms with Crippen LogP contribution >= 0.6 is 0 Å². The molecule has 12 nitrogen and oxygen atoms in total. The molecule has 56 heavy (non-hydrogen) atoms. The van der Waals surface area contributed by atoms with Crippen molar-refractivity contribution in [2.24, 2.45) is 23.7 Å². The summed E-state index contributed by atoms with van der Waals surface area (Å²) in [5, 5.41) is 12.1. The molecule has 1 aliphatic heterocycles. The normalized spacial score (nSPS) is 18.8. The number of carboxylic acid groups (broad SMARTS) is 1. The highest BCUT2D eigenvalue weighted by atomic mass is 16.5. The Bertz CT molecular complexity index is 1640. The first-order valence-electron chi connectivity index (χ1n) is 20.2. The fraction of sp³-hybridized carbons (Fsp3) is 0.568. The smallest absolute Gasteiger partial charge is 0.330 e. The topological polar surface area (TPSA) is 173 Å². The van der Waals surface area contributed by atoms with Gasteiger partial charge in [-0.15, -0.1) is 0 Å². The third-order valence-electron chi connectivity index (χ3n) is 10.7. The number of nitrogens with one attached hydrogen (secondary N) is 1. The standard InChI is InChI=1S/C44H58N2O10/c1-4-14-33(42(51)37(47)21-22-39(49)45-41(44(53)54)32-19-12-7-13-20-32)23-38(48)36-24-34(55-28-30-15-8-5-9-16-30)26-46(36)43(52)35(31-17-10-6-11-18-31)25-40(50)56-27-29(2)3/h5,7-9,12-13,15-16,19-20,29,31,33-36,41H,4,6,10-11,14,17-18,21-28H2,1-3H3,(H,45,49)(H,53,54)/t33?,34-,35?,36+,41?/m1/s1. The Hall–Kier alpha value is -4.71. The number of carboxylic acids is 1. The van der Waals surface area contributed by atoms with E-state index in [1.807, 2.05) is 51.1 Å². The minimum Gasteiger partial charge on any atom is -0.479 e. The number of carbonyl (C=O) groups is 7. The Morgan fingerprint density at radius 2 is 1.54 bits per heavy atom. The van der Waals surface area contributed by atoms with Crippen LogP contribution in [0.3, 0.4) is 0 Å². The number of ketones is 3. The van der Waals surface area contributed by atoms with Crippen LogP contribution in [0.25, 0.3) is 0 Å². The minimum absolute atomic E-state index is 0.0365. The highest BCUT2D eigenvalue weighted by molar-refractivity contribution is 6.38. The van der Waals surface area contributed by atoms with Crippen molar-refractivity contribution in [3.8, 4) is 0 Å². The molecule has 2 aliphatic rings. The molecule has 4 rings (SSSR count). The molecule has 0 radical (unpaired) electrons. The Balaban J connectivity index is 1.48. The van der Waals surface area contributed by atoms with E-state index < -0.39 is 72.3 Å². The zero-order chi connectivity index (χ0) is 40.6. The van der Waals surface area contributed by atoms with Crippen LogP contribution in [-0.4, -0.2) is 76.4 Å². The summed E-state index contributed by atoms with van der Waals surface area (Å²) >= 11 is 0. The van der Waals surface area contributed by atoms with E-state index in [4.69, 9.17) is 9.47 Å². The number of aliphatic carboxylic acids is 1. The van der Waals surface area contributed by atoms with Gasteiger partial charge in [-0.2, -0.15) is 0 Å². The van der Waals surface area contributed by atoms with E-state index in [0.29, 0.717) is 12.0 Å². The summed E-state index contributed by atoms with van der Waals surface area (Å²) in [5.74, 6) is -6.18. The number of esters is 1. The maximum atomic E-state index is 14.6. The zero-order valence-corrected chi connectivity index (χ0v) is 33.0. The average Bonchev–Trinajstić information content (AvgIpc) is 3.64. The molecule has 3 unspecified atom stereocenters. The van der Waals surface area contributed by atoms with Crippen molar-refractivity contribution in [3.05, 3.63) is 71.8 Å². The van der Waals surface area contributed by atoms with Gasteiger partial charge < -0.3 is 24.8 Å². The molecular formula is C44H58N2O10. The summed E-state index contributed by atoms with van der Waals surface area (Å²) in [6.45, 7) is 6.39. The minimum atomic E-state index is -1.32. The number of amides is 2. The summed E-state index contributed by atoms with van der Waals surface area (Å²) in [7, 11) is 0. The van der Waals surface area contributed by atoms with Gasteiger partial charge in [-0.3, -0.25) is 28.8 Å². The van der Waals surface area contributed by atoms with Crippen molar-refractivity contribution >= 4 is 41.1 Å². The van der Waals surface area contributed by atoms with Crippen molar-refractivity contribution in [1.82, 2.24) is 10.2 Å². The molecule has 5 atom stereocenters. The summed E-state index contributed by atoms with van der Waals surface area (Å²) in [6.07, 6.45) is 3.84. The van der Waals surface area contributed by atoms with Crippen LogP contribution < -0.4 is 5.32 Å². The van der Waals surface area contributed by atoms with E-state index >= 15 is 0 Å². The largest absolute Gasteiger partial charge is 0.479 e. The number of ether oxygens (including phenoxy) is 2. The van der Waals surface area contributed by atoms with Crippen LogP contribution in [0.4, 0.5) is 0 Å². The molecule has 304 valence electrons. The lowest BCUT2D eigenvalue weighted by Crippen LogP contribution is -2.47. The third-order valence-corrected chi connectivity index (χ3v) is 10.7. The third kappa shape index (κ3) is 13.2. The molecule has 1 aliphatic carbocycles. The number of Topliss-reactive ketones (excluding diaryl/α,β-unsaturated/α-hetero) is 3. The average molecular weight is 775 g/mol. The first-order chi connectivity index (χ1) is 26.9. The number of likely N-dealkylation sites (tertiary alicyclic amines) is 1. The van der Waals surface area contributed by atoms with Crippen LogP contribution in [0.15, 0.2) is 60.7 Å². The van der Waals surface area contributed by atoms with Crippen LogP contribution in [0.5, 0.6) is 0 Å². The number of benzene rings is 2. The van der Waals surface area contributed by atoms with E-state index in [0.717, 1.165) is 37.7 Å². The summed E-state index contributed by atoms with van der Waals surface area (Å²) < 4.78 is 11.8. The van der Waals surface area contributed by atoms with Gasteiger partial charge in [-0.1, -0.05) is 107 Å². The molecule has 2 aromatic carbocycles. The predicted molar refractivity (Wildman–Crippen MR) is 208 cm³/mol. The molecule has 2 fully saturated rings. The monoisotopic (exact) mass is 774 g/mol. The van der Waals surface area contributed by atoms with E-state index in [-0.39, 0.29) is 69.0 Å². The molecule has 2 N–H and O–H groups in total. The van der Waals surface area contributed by atoms with Gasteiger partial charge >= 0.3 is 11.9 Å². The van der Waals surface area contributed by atoms with Crippen LogP contribution in [0.2, 0.25) is 0 Å². The zero-order valence-electron chi connectivity index (χ0n) is 33.0. The molecule has 2 aromatic rings. The maximum Gasteiger partial charge on any atom is 0.330 e. The number of hydrogen-bond acceptors (Lipinski definition) is 9. The fourth-order valence-electron chi connectivity index (χ4n) is 7.76. The Morgan fingerprint density at radius 3 is 2.16 bits per heavy atom. The molecule has 2 amide bonds. The van der Waals surface area contributed by atoms with Gasteiger partial charge in [0, 0.05) is 38.1 Å². The lowest BCUT2D eigenvalue weighted by molar-refractivity contribution is -0.152. The fourth-order valence-corrected chi connectivity index (χ4v) is 7.76. The van der Waals surface area contributed by atoms with Crippen molar-refractivity contribution in [2.45, 2.75) is 123 Å². The maximum absolute atomic E-state index is 14.6. The molecule has 0 aromatic heterocycles. The van der Waals surface area contributed by atoms with Gasteiger partial charge in [0.2, 0.25) is 17.6 Å². The lowest BCUT2D eigenvalue weighted by atomic mass is 9.77. The second kappa shape index (κ2) is 22.1. The van der Waals surface area contributed by atoms with Crippen LogP contribution in [-0.2, 0) is 49.6 Å². The first kappa shape index (κ1) is 44.0. The molecule has 1 heterocycles. The highest BCUT2D eigenvalue weighted by Crippen LogP contribution is 2.36. The number of nitrogens with zero attached hydrogens (tertiary/aromatic N) is 1. The van der Waals surface area contributed by atoms with E-state index in [1.54, 1.807) is 30.3 Å². The molecule has 1 saturated carbocycles.